The fourth-order valence-corrected chi connectivity index (χ4v) is 3.10. The van der Waals surface area contributed by atoms with Crippen LogP contribution in [0.4, 0.5) is 5.69 Å². The van der Waals surface area contributed by atoms with E-state index in [2.05, 4.69) is 10.1 Å². The van der Waals surface area contributed by atoms with E-state index in [4.69, 9.17) is 11.6 Å². The van der Waals surface area contributed by atoms with Gasteiger partial charge in [-0.3, -0.25) is 14.6 Å². The normalized spacial score (nSPS) is 10.7. The molecular formula is C16H19ClN4O2S2. The lowest BCUT2D eigenvalue weighted by molar-refractivity contribution is -0.126. The van der Waals surface area contributed by atoms with Crippen LogP contribution in [0.2, 0.25) is 5.15 Å². The molecule has 0 aliphatic carbocycles. The van der Waals surface area contributed by atoms with Crippen molar-refractivity contribution in [1.82, 2.24) is 14.8 Å². The number of pyridine rings is 1. The van der Waals surface area contributed by atoms with Crippen molar-refractivity contribution < 1.29 is 9.59 Å². The summed E-state index contributed by atoms with van der Waals surface area (Å²) in [6.07, 6.45) is 9.23. The van der Waals surface area contributed by atoms with Crippen molar-refractivity contribution in [2.24, 2.45) is 0 Å². The second kappa shape index (κ2) is 9.84. The third-order valence-electron chi connectivity index (χ3n) is 3.34. The summed E-state index contributed by atoms with van der Waals surface area (Å²) in [5.74, 6) is 0.736. The lowest BCUT2D eigenvalue weighted by Crippen LogP contribution is -2.37. The monoisotopic (exact) mass is 398 g/mol. The molecule has 134 valence electrons. The molecule has 2 aromatic rings. The number of imide groups is 1. The van der Waals surface area contributed by atoms with E-state index in [1.807, 2.05) is 18.6 Å². The highest BCUT2D eigenvalue weighted by Crippen LogP contribution is 2.27. The molecule has 2 heterocycles. The molecule has 0 unspecified atom stereocenters. The first-order valence-electron chi connectivity index (χ1n) is 7.57. The Morgan fingerprint density at radius 1 is 1.20 bits per heavy atom. The van der Waals surface area contributed by atoms with Crippen LogP contribution in [0.3, 0.4) is 0 Å². The summed E-state index contributed by atoms with van der Waals surface area (Å²) in [6, 6.07) is 3.59. The number of halogens is 1. The number of aromatic nitrogens is 3. The van der Waals surface area contributed by atoms with Crippen LogP contribution in [0.25, 0.3) is 5.69 Å². The number of nitrogens with zero attached hydrogens (tertiary/aromatic N) is 4. The molecule has 0 saturated carbocycles. The van der Waals surface area contributed by atoms with Crippen molar-refractivity contribution in [3.8, 4) is 5.69 Å². The summed E-state index contributed by atoms with van der Waals surface area (Å²) >= 11 is 9.34. The Kier molecular flexibility index (Phi) is 7.80. The summed E-state index contributed by atoms with van der Waals surface area (Å²) in [5.41, 5.74) is 1.01. The first-order chi connectivity index (χ1) is 12.1. The van der Waals surface area contributed by atoms with Gasteiger partial charge >= 0.3 is 0 Å². The third-order valence-corrected chi connectivity index (χ3v) is 4.84. The number of hydrogen-bond donors (Lipinski definition) is 0. The molecule has 2 aromatic heterocycles. The van der Waals surface area contributed by atoms with Crippen LogP contribution >= 0.6 is 35.1 Å². The average Bonchev–Trinajstić information content (AvgIpc) is 3.00. The van der Waals surface area contributed by atoms with E-state index in [1.54, 1.807) is 48.2 Å². The highest BCUT2D eigenvalue weighted by Gasteiger charge is 2.27. The minimum absolute atomic E-state index is 0.110. The first kappa shape index (κ1) is 19.8. The predicted molar refractivity (Wildman–Crippen MR) is 105 cm³/mol. The topological polar surface area (TPSA) is 68.1 Å². The molecule has 0 fully saturated rings. The van der Waals surface area contributed by atoms with E-state index in [9.17, 15) is 9.59 Å². The molecule has 0 aliphatic rings. The molecule has 0 radical (unpaired) electrons. The van der Waals surface area contributed by atoms with Gasteiger partial charge in [-0.2, -0.15) is 28.6 Å². The van der Waals surface area contributed by atoms with Crippen LogP contribution in [0.1, 0.15) is 12.8 Å². The Hall–Kier alpha value is -1.51. The molecule has 2 amide bonds. The fourth-order valence-electron chi connectivity index (χ4n) is 2.13. The van der Waals surface area contributed by atoms with Crippen LogP contribution in [-0.2, 0) is 9.59 Å². The lowest BCUT2D eigenvalue weighted by Gasteiger charge is -2.19. The van der Waals surface area contributed by atoms with Gasteiger partial charge in [0.1, 0.15) is 5.69 Å². The lowest BCUT2D eigenvalue weighted by atomic mass is 10.3. The highest BCUT2D eigenvalue weighted by atomic mass is 35.5. The molecule has 0 aromatic carbocycles. The summed E-state index contributed by atoms with van der Waals surface area (Å²) < 4.78 is 1.52. The molecule has 2 rings (SSSR count). The number of anilines is 1. The quantitative estimate of drug-likeness (QED) is 0.679. The van der Waals surface area contributed by atoms with Crippen LogP contribution in [0, 0.1) is 0 Å². The minimum atomic E-state index is -0.270. The van der Waals surface area contributed by atoms with Crippen molar-refractivity contribution in [1.29, 1.82) is 0 Å². The molecule has 0 aliphatic heterocycles. The van der Waals surface area contributed by atoms with Gasteiger partial charge in [-0.15, -0.1) is 0 Å². The molecule has 0 N–H and O–H groups in total. The van der Waals surface area contributed by atoms with Gasteiger partial charge < -0.3 is 0 Å². The van der Waals surface area contributed by atoms with Gasteiger partial charge in [0.15, 0.2) is 5.15 Å². The van der Waals surface area contributed by atoms with Gasteiger partial charge in [0, 0.05) is 30.5 Å². The van der Waals surface area contributed by atoms with Crippen LogP contribution in [0.15, 0.2) is 30.7 Å². The zero-order chi connectivity index (χ0) is 18.2. The van der Waals surface area contributed by atoms with Crippen molar-refractivity contribution in [2.45, 2.75) is 12.8 Å². The van der Waals surface area contributed by atoms with Gasteiger partial charge in [0.2, 0.25) is 11.8 Å². The van der Waals surface area contributed by atoms with E-state index in [1.165, 1.54) is 4.68 Å². The van der Waals surface area contributed by atoms with Crippen molar-refractivity contribution in [3.05, 3.63) is 35.9 Å². The standard InChI is InChI=1S/C16H19ClN4O2S2/c1-24-8-5-14(22)21(15(23)6-9-25-2)13-11-20(19-16(13)17)12-4-3-7-18-10-12/h3-4,7,10-11H,5-6,8-9H2,1-2H3. The van der Waals surface area contributed by atoms with Crippen molar-refractivity contribution in [3.63, 3.8) is 0 Å². The average molecular weight is 399 g/mol. The minimum Gasteiger partial charge on any atom is -0.274 e. The summed E-state index contributed by atoms with van der Waals surface area (Å²) in [7, 11) is 0. The van der Waals surface area contributed by atoms with Crippen molar-refractivity contribution in [2.75, 3.05) is 28.9 Å². The van der Waals surface area contributed by atoms with Crippen molar-refractivity contribution >= 4 is 52.6 Å². The third kappa shape index (κ3) is 5.23. The number of carbonyl (C=O) groups excluding carboxylic acids is 2. The molecule has 0 atom stereocenters. The van der Waals surface area contributed by atoms with Crippen LogP contribution in [0.5, 0.6) is 0 Å². The number of amides is 2. The fraction of sp³-hybridized carbons (Fsp3) is 0.375. The summed E-state index contributed by atoms with van der Waals surface area (Å²) in [6.45, 7) is 0. The summed E-state index contributed by atoms with van der Waals surface area (Å²) in [4.78, 5) is 30.4. The smallest absolute Gasteiger partial charge is 0.234 e. The Morgan fingerprint density at radius 2 is 1.84 bits per heavy atom. The maximum atomic E-state index is 12.6. The van der Waals surface area contributed by atoms with Gasteiger partial charge in [-0.1, -0.05) is 11.6 Å². The molecule has 0 saturated heterocycles. The second-order valence-electron chi connectivity index (χ2n) is 5.07. The van der Waals surface area contributed by atoms with Gasteiger partial charge in [0.05, 0.1) is 18.1 Å². The molecule has 0 bridgehead atoms. The van der Waals surface area contributed by atoms with Gasteiger partial charge in [0.25, 0.3) is 0 Å². The van der Waals surface area contributed by atoms with Gasteiger partial charge in [-0.25, -0.2) is 9.58 Å². The predicted octanol–water partition coefficient (Wildman–Crippen LogP) is 3.29. The SMILES string of the molecule is CSCCC(=O)N(C(=O)CCSC)c1cn(-c2cccnc2)nc1Cl. The first-order valence-corrected chi connectivity index (χ1v) is 10.7. The van der Waals surface area contributed by atoms with Crippen LogP contribution in [-0.4, -0.2) is 50.6 Å². The Morgan fingerprint density at radius 3 is 2.36 bits per heavy atom. The number of rotatable bonds is 8. The maximum absolute atomic E-state index is 12.6. The Bertz CT molecular complexity index is 704. The largest absolute Gasteiger partial charge is 0.274 e. The highest BCUT2D eigenvalue weighted by molar-refractivity contribution is 7.98. The number of hydrogen-bond acceptors (Lipinski definition) is 6. The van der Waals surface area contributed by atoms with E-state index < -0.39 is 0 Å². The van der Waals surface area contributed by atoms with E-state index in [0.717, 1.165) is 4.90 Å². The van der Waals surface area contributed by atoms with E-state index >= 15 is 0 Å². The zero-order valence-electron chi connectivity index (χ0n) is 14.0. The number of carbonyl (C=O) groups is 2. The van der Waals surface area contributed by atoms with Crippen LogP contribution < -0.4 is 4.90 Å². The van der Waals surface area contributed by atoms with Gasteiger partial charge in [-0.05, 0) is 24.6 Å². The number of thioether (sulfide) groups is 2. The summed E-state index contributed by atoms with van der Waals surface area (Å²) in [5, 5.41) is 4.32. The molecule has 25 heavy (non-hydrogen) atoms. The maximum Gasteiger partial charge on any atom is 0.234 e. The molecule has 6 nitrogen and oxygen atoms in total. The molecule has 9 heteroatoms. The van der Waals surface area contributed by atoms with E-state index in [-0.39, 0.29) is 29.8 Å². The molecule has 0 spiro atoms. The molecular weight excluding hydrogens is 380 g/mol. The van der Waals surface area contributed by atoms with E-state index in [0.29, 0.717) is 22.9 Å². The second-order valence-corrected chi connectivity index (χ2v) is 7.40. The zero-order valence-corrected chi connectivity index (χ0v) is 16.4. The Balaban J connectivity index is 2.34. The Labute approximate surface area is 160 Å².